The zero-order valence-electron chi connectivity index (χ0n) is 16.0. The van der Waals surface area contributed by atoms with Gasteiger partial charge in [0.25, 0.3) is 5.91 Å². The number of piperidine rings is 1. The molecule has 3 rings (SSSR count). The summed E-state index contributed by atoms with van der Waals surface area (Å²) in [6.45, 7) is 2.79. The molecule has 2 aromatic carbocycles. The summed E-state index contributed by atoms with van der Waals surface area (Å²) < 4.78 is 0. The quantitative estimate of drug-likeness (QED) is 0.899. The van der Waals surface area contributed by atoms with Gasteiger partial charge in [-0.2, -0.15) is 0 Å². The van der Waals surface area contributed by atoms with E-state index in [1.54, 1.807) is 0 Å². The molecule has 1 fully saturated rings. The molecule has 0 spiro atoms. The highest BCUT2D eigenvalue weighted by Gasteiger charge is 2.35. The number of amides is 1. The van der Waals surface area contributed by atoms with Gasteiger partial charge >= 0.3 is 0 Å². The molecule has 0 radical (unpaired) electrons. The van der Waals surface area contributed by atoms with Crippen LogP contribution in [0.1, 0.15) is 28.8 Å². The number of carbonyl (C=O) groups excluding carboxylic acids is 1. The molecule has 138 valence electrons. The second-order valence-corrected chi connectivity index (χ2v) is 7.58. The van der Waals surface area contributed by atoms with Crippen LogP contribution < -0.4 is 10.2 Å². The Labute approximate surface area is 156 Å². The van der Waals surface area contributed by atoms with Crippen LogP contribution >= 0.6 is 0 Å². The molecule has 26 heavy (non-hydrogen) atoms. The molecule has 1 N–H and O–H groups in total. The van der Waals surface area contributed by atoms with Crippen molar-refractivity contribution in [2.24, 2.45) is 0 Å². The van der Waals surface area contributed by atoms with Gasteiger partial charge in [0.2, 0.25) is 0 Å². The van der Waals surface area contributed by atoms with Crippen molar-refractivity contribution in [1.82, 2.24) is 10.2 Å². The topological polar surface area (TPSA) is 35.6 Å². The van der Waals surface area contributed by atoms with Gasteiger partial charge in [0.1, 0.15) is 0 Å². The van der Waals surface area contributed by atoms with Crippen LogP contribution in [0.4, 0.5) is 5.69 Å². The van der Waals surface area contributed by atoms with E-state index in [-0.39, 0.29) is 11.3 Å². The van der Waals surface area contributed by atoms with Crippen molar-refractivity contribution in [2.45, 2.75) is 18.3 Å². The summed E-state index contributed by atoms with van der Waals surface area (Å²) in [5.41, 5.74) is 3.10. The Kier molecular flexibility index (Phi) is 5.62. The average molecular weight is 351 g/mol. The van der Waals surface area contributed by atoms with Crippen LogP contribution in [0.5, 0.6) is 0 Å². The Bertz CT molecular complexity index is 734. The van der Waals surface area contributed by atoms with Crippen molar-refractivity contribution in [3.63, 3.8) is 0 Å². The maximum absolute atomic E-state index is 12.8. The molecule has 0 unspecified atom stereocenters. The van der Waals surface area contributed by atoms with Crippen molar-refractivity contribution in [1.29, 1.82) is 0 Å². The molecule has 1 amide bonds. The van der Waals surface area contributed by atoms with Gasteiger partial charge < -0.3 is 15.1 Å². The Morgan fingerprint density at radius 3 is 2.42 bits per heavy atom. The third-order valence-electron chi connectivity index (χ3n) is 5.54. The first kappa shape index (κ1) is 18.5. The predicted octanol–water partition coefficient (Wildman–Crippen LogP) is 3.15. The highest BCUT2D eigenvalue weighted by atomic mass is 16.1. The van der Waals surface area contributed by atoms with Crippen LogP contribution in [0.2, 0.25) is 0 Å². The Morgan fingerprint density at radius 1 is 1.08 bits per heavy atom. The molecule has 2 aromatic rings. The molecule has 4 heteroatoms. The molecule has 1 aliphatic rings. The average Bonchev–Trinajstić information content (AvgIpc) is 2.68. The molecule has 1 saturated heterocycles. The van der Waals surface area contributed by atoms with Gasteiger partial charge in [0, 0.05) is 37.3 Å². The molecule has 0 saturated carbocycles. The number of nitrogens with zero attached hydrogens (tertiary/aromatic N) is 2. The normalized spacial score (nSPS) is 16.9. The van der Waals surface area contributed by atoms with Crippen LogP contribution in [0, 0.1) is 0 Å². The second kappa shape index (κ2) is 7.92. The van der Waals surface area contributed by atoms with E-state index >= 15 is 0 Å². The maximum atomic E-state index is 12.8. The van der Waals surface area contributed by atoms with Gasteiger partial charge in [-0.25, -0.2) is 0 Å². The Morgan fingerprint density at radius 2 is 1.77 bits per heavy atom. The molecular formula is C22H29N3O. The van der Waals surface area contributed by atoms with E-state index < -0.39 is 0 Å². The van der Waals surface area contributed by atoms with E-state index in [0.29, 0.717) is 12.1 Å². The van der Waals surface area contributed by atoms with Crippen molar-refractivity contribution in [3.05, 3.63) is 65.7 Å². The number of benzene rings is 2. The zero-order chi connectivity index (χ0) is 18.6. The standard InChI is InChI=1S/C22H29N3O/c1-24(2)20-11-7-8-18(16-20)21(26)23-17-22(12-14-25(3)15-13-22)19-9-5-4-6-10-19/h4-11,16H,12-15,17H2,1-3H3,(H,23,26). The highest BCUT2D eigenvalue weighted by molar-refractivity contribution is 5.95. The lowest BCUT2D eigenvalue weighted by Gasteiger charge is -2.41. The number of likely N-dealkylation sites (tertiary alicyclic amines) is 1. The molecule has 1 heterocycles. The molecule has 1 aliphatic heterocycles. The largest absolute Gasteiger partial charge is 0.378 e. The predicted molar refractivity (Wildman–Crippen MR) is 108 cm³/mol. The lowest BCUT2D eigenvalue weighted by molar-refractivity contribution is 0.0928. The van der Waals surface area contributed by atoms with Gasteiger partial charge in [-0.1, -0.05) is 36.4 Å². The van der Waals surface area contributed by atoms with Crippen molar-refractivity contribution in [3.8, 4) is 0 Å². The lowest BCUT2D eigenvalue weighted by Crippen LogP contribution is -2.48. The van der Waals surface area contributed by atoms with Crippen LogP contribution in [-0.2, 0) is 5.41 Å². The SMILES string of the molecule is CN1CCC(CNC(=O)c2cccc(N(C)C)c2)(c2ccccc2)CC1. The first-order valence-electron chi connectivity index (χ1n) is 9.30. The number of hydrogen-bond donors (Lipinski definition) is 1. The van der Waals surface area contributed by atoms with Crippen molar-refractivity contribution >= 4 is 11.6 Å². The minimum atomic E-state index is 0.00272. The van der Waals surface area contributed by atoms with Gasteiger partial charge in [0.05, 0.1) is 0 Å². The first-order chi connectivity index (χ1) is 12.5. The van der Waals surface area contributed by atoms with Crippen LogP contribution in [0.25, 0.3) is 0 Å². The summed E-state index contributed by atoms with van der Waals surface area (Å²) in [6.07, 6.45) is 2.12. The van der Waals surface area contributed by atoms with Gasteiger partial charge in [-0.05, 0) is 56.7 Å². The third kappa shape index (κ3) is 4.07. The summed E-state index contributed by atoms with van der Waals surface area (Å²) in [7, 11) is 6.14. The van der Waals surface area contributed by atoms with E-state index in [0.717, 1.165) is 31.6 Å². The first-order valence-corrected chi connectivity index (χ1v) is 9.30. The Balaban J connectivity index is 1.76. The number of carbonyl (C=O) groups is 1. The Hall–Kier alpha value is -2.33. The lowest BCUT2D eigenvalue weighted by atomic mass is 9.72. The molecular weight excluding hydrogens is 322 g/mol. The fourth-order valence-electron chi connectivity index (χ4n) is 3.68. The summed E-state index contributed by atoms with van der Waals surface area (Å²) in [5, 5.41) is 3.21. The molecule has 0 aliphatic carbocycles. The molecule has 0 aromatic heterocycles. The number of nitrogens with one attached hydrogen (secondary N) is 1. The summed E-state index contributed by atoms with van der Waals surface area (Å²) in [6, 6.07) is 18.4. The summed E-state index contributed by atoms with van der Waals surface area (Å²) in [4.78, 5) is 17.1. The van der Waals surface area contributed by atoms with Crippen molar-refractivity contribution < 1.29 is 4.79 Å². The fourth-order valence-corrected chi connectivity index (χ4v) is 3.68. The minimum Gasteiger partial charge on any atom is -0.378 e. The van der Waals surface area contributed by atoms with Crippen LogP contribution in [0.3, 0.4) is 0 Å². The van der Waals surface area contributed by atoms with Gasteiger partial charge in [-0.15, -0.1) is 0 Å². The van der Waals surface area contributed by atoms with Gasteiger partial charge in [0.15, 0.2) is 0 Å². The monoisotopic (exact) mass is 351 g/mol. The summed E-state index contributed by atoms with van der Waals surface area (Å²) in [5.74, 6) is 0.00272. The summed E-state index contributed by atoms with van der Waals surface area (Å²) >= 11 is 0. The van der Waals surface area contributed by atoms with Crippen LogP contribution in [-0.4, -0.2) is 51.6 Å². The minimum absolute atomic E-state index is 0.00272. The van der Waals surface area contributed by atoms with E-state index in [2.05, 4.69) is 47.6 Å². The van der Waals surface area contributed by atoms with Gasteiger partial charge in [-0.3, -0.25) is 4.79 Å². The van der Waals surface area contributed by atoms with E-state index in [1.807, 2.05) is 43.3 Å². The van der Waals surface area contributed by atoms with E-state index in [4.69, 9.17) is 0 Å². The van der Waals surface area contributed by atoms with Crippen molar-refractivity contribution in [2.75, 3.05) is 45.7 Å². The third-order valence-corrected chi connectivity index (χ3v) is 5.54. The number of anilines is 1. The zero-order valence-corrected chi connectivity index (χ0v) is 16.0. The fraction of sp³-hybridized carbons (Fsp3) is 0.409. The molecule has 0 atom stereocenters. The molecule has 4 nitrogen and oxygen atoms in total. The smallest absolute Gasteiger partial charge is 0.251 e. The number of rotatable bonds is 5. The second-order valence-electron chi connectivity index (χ2n) is 7.58. The van der Waals surface area contributed by atoms with Crippen LogP contribution in [0.15, 0.2) is 54.6 Å². The number of hydrogen-bond acceptors (Lipinski definition) is 3. The molecule has 0 bridgehead atoms. The van der Waals surface area contributed by atoms with E-state index in [1.165, 1.54) is 5.56 Å². The maximum Gasteiger partial charge on any atom is 0.251 e. The highest BCUT2D eigenvalue weighted by Crippen LogP contribution is 2.34. The van der Waals surface area contributed by atoms with E-state index in [9.17, 15) is 4.79 Å².